The summed E-state index contributed by atoms with van der Waals surface area (Å²) < 4.78 is 30.8. The first kappa shape index (κ1) is 15.9. The highest BCUT2D eigenvalue weighted by molar-refractivity contribution is 7.86. The quantitative estimate of drug-likeness (QED) is 0.462. The predicted octanol–water partition coefficient (Wildman–Crippen LogP) is 2.38. The summed E-state index contributed by atoms with van der Waals surface area (Å²) in [7, 11) is -3.98. The highest BCUT2D eigenvalue weighted by atomic mass is 32.2. The van der Waals surface area contributed by atoms with Crippen molar-refractivity contribution >= 4 is 10.1 Å². The molecule has 0 saturated carbocycles. The zero-order chi connectivity index (χ0) is 12.4. The van der Waals surface area contributed by atoms with Crippen LogP contribution in [0.25, 0.3) is 0 Å². The van der Waals surface area contributed by atoms with Crippen molar-refractivity contribution in [3.05, 3.63) is 0 Å². The van der Waals surface area contributed by atoms with Gasteiger partial charge in [0.1, 0.15) is 0 Å². The van der Waals surface area contributed by atoms with Gasteiger partial charge < -0.3 is 5.11 Å². The molecule has 0 amide bonds. The molecule has 0 spiro atoms. The Morgan fingerprint density at radius 3 is 2.06 bits per heavy atom. The topological polar surface area (TPSA) is 74.6 Å². The molecule has 98 valence electrons. The Morgan fingerprint density at radius 1 is 1.00 bits per heavy atom. The van der Waals surface area contributed by atoms with Crippen LogP contribution in [0.5, 0.6) is 0 Å². The fraction of sp³-hybridized carbons (Fsp3) is 1.00. The average molecular weight is 252 g/mol. The van der Waals surface area contributed by atoms with Crippen LogP contribution in [0.4, 0.5) is 0 Å². The normalized spacial score (nSPS) is 13.9. The molecule has 0 aromatic carbocycles. The van der Waals surface area contributed by atoms with Gasteiger partial charge in [-0.3, -0.25) is 4.55 Å². The summed E-state index contributed by atoms with van der Waals surface area (Å²) >= 11 is 0. The summed E-state index contributed by atoms with van der Waals surface area (Å²) in [5.74, 6) is 0. The molecule has 0 bridgehead atoms. The summed E-state index contributed by atoms with van der Waals surface area (Å²) in [6.07, 6.45) is 7.10. The minimum absolute atomic E-state index is 0.133. The van der Waals surface area contributed by atoms with E-state index < -0.39 is 15.4 Å². The second-order valence-corrected chi connectivity index (χ2v) is 5.90. The highest BCUT2D eigenvalue weighted by Crippen LogP contribution is 2.15. The largest absolute Gasteiger partial charge is 0.396 e. The van der Waals surface area contributed by atoms with Gasteiger partial charge in [0.15, 0.2) is 0 Å². The van der Waals surface area contributed by atoms with E-state index in [9.17, 15) is 8.42 Å². The molecule has 0 aliphatic carbocycles. The highest BCUT2D eigenvalue weighted by Gasteiger charge is 2.21. The number of unbranched alkanes of at least 4 members (excludes halogenated alkanes) is 5. The van der Waals surface area contributed by atoms with E-state index in [1.165, 1.54) is 19.3 Å². The van der Waals surface area contributed by atoms with E-state index in [0.717, 1.165) is 19.3 Å². The first-order valence-corrected chi connectivity index (χ1v) is 7.59. The maximum absolute atomic E-state index is 10.9. The molecule has 0 heterocycles. The molecule has 0 aliphatic rings. The molecule has 0 aromatic heterocycles. The van der Waals surface area contributed by atoms with E-state index >= 15 is 0 Å². The Hall–Kier alpha value is -0.130. The summed E-state index contributed by atoms with van der Waals surface area (Å²) in [4.78, 5) is 0. The van der Waals surface area contributed by atoms with Gasteiger partial charge in [-0.2, -0.15) is 8.42 Å². The third kappa shape index (κ3) is 8.07. The van der Waals surface area contributed by atoms with Crippen LogP contribution in [0.15, 0.2) is 0 Å². The molecule has 0 saturated heterocycles. The van der Waals surface area contributed by atoms with Crippen molar-refractivity contribution in [2.75, 3.05) is 6.61 Å². The zero-order valence-corrected chi connectivity index (χ0v) is 10.9. The summed E-state index contributed by atoms with van der Waals surface area (Å²) in [5.41, 5.74) is 0. The van der Waals surface area contributed by atoms with E-state index in [-0.39, 0.29) is 13.0 Å². The summed E-state index contributed by atoms with van der Waals surface area (Å²) in [5, 5.41) is 7.91. The van der Waals surface area contributed by atoms with Gasteiger partial charge in [0.25, 0.3) is 10.1 Å². The Bertz CT molecular complexity index is 249. The molecular weight excluding hydrogens is 228 g/mol. The molecule has 4 nitrogen and oxygen atoms in total. The van der Waals surface area contributed by atoms with Crippen LogP contribution in [0.1, 0.15) is 58.3 Å². The number of aliphatic hydroxyl groups is 1. The van der Waals surface area contributed by atoms with E-state index in [2.05, 4.69) is 6.92 Å². The van der Waals surface area contributed by atoms with E-state index in [0.29, 0.717) is 6.42 Å². The molecule has 2 N–H and O–H groups in total. The average Bonchev–Trinajstić information content (AvgIpc) is 2.20. The van der Waals surface area contributed by atoms with Gasteiger partial charge in [0.05, 0.1) is 5.25 Å². The number of rotatable bonds is 10. The molecule has 5 heteroatoms. The van der Waals surface area contributed by atoms with Crippen LogP contribution in [-0.4, -0.2) is 29.9 Å². The van der Waals surface area contributed by atoms with Crippen LogP contribution in [0, 0.1) is 0 Å². The second kappa shape index (κ2) is 8.96. The van der Waals surface area contributed by atoms with Gasteiger partial charge in [-0.25, -0.2) is 0 Å². The lowest BCUT2D eigenvalue weighted by atomic mass is 10.1. The number of hydrogen-bond acceptors (Lipinski definition) is 3. The smallest absolute Gasteiger partial charge is 0.267 e. The Balaban J connectivity index is 3.70. The molecule has 1 atom stereocenters. The van der Waals surface area contributed by atoms with Crippen LogP contribution in [0.3, 0.4) is 0 Å². The van der Waals surface area contributed by atoms with Crippen molar-refractivity contribution in [3.63, 3.8) is 0 Å². The van der Waals surface area contributed by atoms with Crippen LogP contribution < -0.4 is 0 Å². The van der Waals surface area contributed by atoms with Gasteiger partial charge in [-0.1, -0.05) is 45.4 Å². The van der Waals surface area contributed by atoms with Crippen LogP contribution in [-0.2, 0) is 10.1 Å². The lowest BCUT2D eigenvalue weighted by molar-refractivity contribution is 0.279. The molecule has 0 rings (SSSR count). The third-order valence-electron chi connectivity index (χ3n) is 2.75. The van der Waals surface area contributed by atoms with Gasteiger partial charge in [0, 0.05) is 6.61 Å². The van der Waals surface area contributed by atoms with E-state index in [1.54, 1.807) is 0 Å². The minimum Gasteiger partial charge on any atom is -0.396 e. The maximum Gasteiger partial charge on any atom is 0.267 e. The van der Waals surface area contributed by atoms with Crippen molar-refractivity contribution < 1.29 is 18.1 Å². The Kier molecular flexibility index (Phi) is 8.89. The maximum atomic E-state index is 10.9. The Labute approximate surface area is 98.8 Å². The minimum atomic E-state index is -3.98. The number of aliphatic hydroxyl groups excluding tert-OH is 1. The van der Waals surface area contributed by atoms with Crippen molar-refractivity contribution in [2.24, 2.45) is 0 Å². The van der Waals surface area contributed by atoms with E-state index in [1.807, 2.05) is 0 Å². The fourth-order valence-electron chi connectivity index (χ4n) is 1.74. The summed E-state index contributed by atoms with van der Waals surface area (Å²) in [6.45, 7) is 1.95. The van der Waals surface area contributed by atoms with E-state index in [4.69, 9.17) is 9.66 Å². The first-order chi connectivity index (χ1) is 7.52. The fourth-order valence-corrected chi connectivity index (χ4v) is 2.61. The zero-order valence-electron chi connectivity index (χ0n) is 10.1. The molecule has 0 radical (unpaired) electrons. The lowest BCUT2D eigenvalue weighted by Gasteiger charge is -2.11. The monoisotopic (exact) mass is 252 g/mol. The Morgan fingerprint density at radius 2 is 1.56 bits per heavy atom. The first-order valence-electron chi connectivity index (χ1n) is 6.09. The van der Waals surface area contributed by atoms with Crippen LogP contribution >= 0.6 is 0 Å². The molecule has 16 heavy (non-hydrogen) atoms. The van der Waals surface area contributed by atoms with Crippen molar-refractivity contribution in [1.29, 1.82) is 0 Å². The van der Waals surface area contributed by atoms with Crippen molar-refractivity contribution in [2.45, 2.75) is 63.5 Å². The molecular formula is C11H24O4S. The standard InChI is InChI=1S/C11H24O4S/c1-2-3-4-5-6-7-8-11(9-10-12)16(13,14)15/h11-12H,2-10H2,1H3,(H,13,14,15). The molecule has 0 aromatic rings. The third-order valence-corrected chi connectivity index (χ3v) is 4.07. The number of hydrogen-bond donors (Lipinski definition) is 2. The van der Waals surface area contributed by atoms with Crippen molar-refractivity contribution in [3.8, 4) is 0 Å². The SMILES string of the molecule is CCCCCCCCC(CCO)S(=O)(=O)O. The van der Waals surface area contributed by atoms with Gasteiger partial charge >= 0.3 is 0 Å². The summed E-state index contributed by atoms with van der Waals surface area (Å²) in [6, 6.07) is 0. The lowest BCUT2D eigenvalue weighted by Crippen LogP contribution is -2.21. The van der Waals surface area contributed by atoms with Gasteiger partial charge in [-0.05, 0) is 12.8 Å². The van der Waals surface area contributed by atoms with Crippen LogP contribution in [0.2, 0.25) is 0 Å². The van der Waals surface area contributed by atoms with Crippen molar-refractivity contribution in [1.82, 2.24) is 0 Å². The van der Waals surface area contributed by atoms with Gasteiger partial charge in [0.2, 0.25) is 0 Å². The molecule has 0 aliphatic heterocycles. The second-order valence-electron chi connectivity index (χ2n) is 4.21. The molecule has 0 fully saturated rings. The van der Waals surface area contributed by atoms with Gasteiger partial charge in [-0.15, -0.1) is 0 Å². The predicted molar refractivity (Wildman–Crippen MR) is 65.0 cm³/mol. The molecule has 1 unspecified atom stereocenters.